The van der Waals surface area contributed by atoms with Crippen molar-refractivity contribution in [2.45, 2.75) is 26.2 Å². The molecule has 0 heterocycles. The lowest BCUT2D eigenvalue weighted by Crippen LogP contribution is -2.40. The van der Waals surface area contributed by atoms with E-state index in [1.54, 1.807) is 0 Å². The number of imide groups is 1. The van der Waals surface area contributed by atoms with Gasteiger partial charge in [0.2, 0.25) is 0 Å². The third-order valence-corrected chi connectivity index (χ3v) is 3.45. The maximum atomic E-state index is 12.3. The van der Waals surface area contributed by atoms with E-state index in [0.717, 1.165) is 12.0 Å². The minimum atomic E-state index is -0.663. The first kappa shape index (κ1) is 17.7. The SMILES string of the molecule is CC[C@H](C)[C@@H](C(=O)OCC(=O)NC(=O)NC)c1ccccc1. The number of rotatable bonds is 6. The van der Waals surface area contributed by atoms with Crippen molar-refractivity contribution in [3.8, 4) is 0 Å². The van der Waals surface area contributed by atoms with Crippen molar-refractivity contribution in [2.24, 2.45) is 5.92 Å². The van der Waals surface area contributed by atoms with Crippen molar-refractivity contribution in [2.75, 3.05) is 13.7 Å². The third-order valence-electron chi connectivity index (χ3n) is 3.45. The van der Waals surface area contributed by atoms with Gasteiger partial charge in [-0.25, -0.2) is 4.79 Å². The third kappa shape index (κ3) is 5.20. The Morgan fingerprint density at radius 3 is 2.36 bits per heavy atom. The second-order valence-electron chi connectivity index (χ2n) is 5.01. The average molecular weight is 306 g/mol. The van der Waals surface area contributed by atoms with E-state index >= 15 is 0 Å². The maximum Gasteiger partial charge on any atom is 0.321 e. The van der Waals surface area contributed by atoms with Gasteiger partial charge >= 0.3 is 12.0 Å². The van der Waals surface area contributed by atoms with E-state index in [9.17, 15) is 14.4 Å². The molecule has 0 fully saturated rings. The minimum Gasteiger partial charge on any atom is -0.455 e. The Bertz CT molecular complexity index is 516. The van der Waals surface area contributed by atoms with Crippen LogP contribution in [0.4, 0.5) is 4.79 Å². The zero-order valence-corrected chi connectivity index (χ0v) is 13.1. The van der Waals surface area contributed by atoms with Crippen LogP contribution in [0, 0.1) is 5.92 Å². The molecule has 0 aromatic heterocycles. The number of esters is 1. The van der Waals surface area contributed by atoms with E-state index in [4.69, 9.17) is 4.74 Å². The van der Waals surface area contributed by atoms with Crippen LogP contribution >= 0.6 is 0 Å². The smallest absolute Gasteiger partial charge is 0.321 e. The largest absolute Gasteiger partial charge is 0.455 e. The summed E-state index contributed by atoms with van der Waals surface area (Å²) in [6.45, 7) is 3.47. The van der Waals surface area contributed by atoms with Gasteiger partial charge in [0.1, 0.15) is 0 Å². The Labute approximate surface area is 130 Å². The van der Waals surface area contributed by atoms with Crippen LogP contribution in [0.1, 0.15) is 31.7 Å². The first-order valence-corrected chi connectivity index (χ1v) is 7.22. The van der Waals surface area contributed by atoms with Crippen LogP contribution in [0.3, 0.4) is 0 Å². The van der Waals surface area contributed by atoms with Crippen LogP contribution in [-0.4, -0.2) is 31.6 Å². The summed E-state index contributed by atoms with van der Waals surface area (Å²) < 4.78 is 5.06. The van der Waals surface area contributed by atoms with Crippen molar-refractivity contribution >= 4 is 17.9 Å². The van der Waals surface area contributed by atoms with Crippen molar-refractivity contribution in [1.82, 2.24) is 10.6 Å². The number of benzene rings is 1. The summed E-state index contributed by atoms with van der Waals surface area (Å²) in [6.07, 6.45) is 0.805. The highest BCUT2D eigenvalue weighted by Crippen LogP contribution is 2.28. The summed E-state index contributed by atoms with van der Waals surface area (Å²) in [4.78, 5) is 34.8. The van der Waals surface area contributed by atoms with Crippen molar-refractivity contribution in [3.05, 3.63) is 35.9 Å². The fourth-order valence-corrected chi connectivity index (χ4v) is 2.04. The van der Waals surface area contributed by atoms with Crippen LogP contribution in [0.2, 0.25) is 0 Å². The van der Waals surface area contributed by atoms with Gasteiger partial charge in [-0.2, -0.15) is 0 Å². The molecule has 0 spiro atoms. The van der Waals surface area contributed by atoms with Gasteiger partial charge in [0.15, 0.2) is 6.61 Å². The fourth-order valence-electron chi connectivity index (χ4n) is 2.04. The molecule has 0 bridgehead atoms. The monoisotopic (exact) mass is 306 g/mol. The summed E-state index contributed by atoms with van der Waals surface area (Å²) in [5.74, 6) is -1.48. The summed E-state index contributed by atoms with van der Waals surface area (Å²) >= 11 is 0. The number of carbonyl (C=O) groups excluding carboxylic acids is 3. The number of hydrogen-bond donors (Lipinski definition) is 2. The van der Waals surface area contributed by atoms with Gasteiger partial charge in [-0.05, 0) is 11.5 Å². The highest BCUT2D eigenvalue weighted by molar-refractivity contribution is 5.95. The molecule has 1 aromatic rings. The molecular formula is C16H22N2O4. The molecule has 0 saturated heterocycles. The van der Waals surface area contributed by atoms with E-state index in [2.05, 4.69) is 5.32 Å². The van der Waals surface area contributed by atoms with Crippen molar-refractivity contribution < 1.29 is 19.1 Å². The summed E-state index contributed by atoms with van der Waals surface area (Å²) in [5, 5.41) is 4.29. The molecule has 2 N–H and O–H groups in total. The zero-order chi connectivity index (χ0) is 16.5. The lowest BCUT2D eigenvalue weighted by atomic mass is 9.86. The van der Waals surface area contributed by atoms with Gasteiger partial charge in [0.25, 0.3) is 5.91 Å². The van der Waals surface area contributed by atoms with Crippen LogP contribution < -0.4 is 10.6 Å². The lowest BCUT2D eigenvalue weighted by Gasteiger charge is -2.21. The standard InChI is InChI=1S/C16H22N2O4/c1-4-11(2)14(12-8-6-5-7-9-12)15(20)22-10-13(19)18-16(21)17-3/h5-9,11,14H,4,10H2,1-3H3,(H2,17,18,19,21)/t11-,14+/m0/s1. The van der Waals surface area contributed by atoms with Gasteiger partial charge in [0, 0.05) is 7.05 Å². The number of hydrogen-bond acceptors (Lipinski definition) is 4. The molecule has 0 radical (unpaired) electrons. The van der Waals surface area contributed by atoms with Gasteiger partial charge in [0.05, 0.1) is 5.92 Å². The molecular weight excluding hydrogens is 284 g/mol. The quantitative estimate of drug-likeness (QED) is 0.785. The topological polar surface area (TPSA) is 84.5 Å². The van der Waals surface area contributed by atoms with E-state index in [1.165, 1.54) is 7.05 Å². The van der Waals surface area contributed by atoms with Crippen molar-refractivity contribution in [1.29, 1.82) is 0 Å². The average Bonchev–Trinajstić information content (AvgIpc) is 2.53. The highest BCUT2D eigenvalue weighted by Gasteiger charge is 2.27. The zero-order valence-electron chi connectivity index (χ0n) is 13.1. The summed E-state index contributed by atoms with van der Waals surface area (Å²) in [6, 6.07) is 8.68. The summed E-state index contributed by atoms with van der Waals surface area (Å²) in [5.41, 5.74) is 0.855. The van der Waals surface area contributed by atoms with E-state index in [-0.39, 0.29) is 5.92 Å². The Balaban J connectivity index is 2.70. The second kappa shape index (κ2) is 8.81. The maximum absolute atomic E-state index is 12.3. The van der Waals surface area contributed by atoms with E-state index < -0.39 is 30.4 Å². The van der Waals surface area contributed by atoms with Crippen LogP contribution in [0.5, 0.6) is 0 Å². The number of ether oxygens (including phenoxy) is 1. The molecule has 0 saturated carbocycles. The first-order chi connectivity index (χ1) is 10.5. The van der Waals surface area contributed by atoms with Crippen LogP contribution in [-0.2, 0) is 14.3 Å². The normalized spacial score (nSPS) is 12.9. The number of urea groups is 1. The molecule has 0 aliphatic heterocycles. The molecule has 120 valence electrons. The molecule has 6 heteroatoms. The van der Waals surface area contributed by atoms with Crippen LogP contribution in [0.25, 0.3) is 0 Å². The van der Waals surface area contributed by atoms with Gasteiger partial charge in [-0.15, -0.1) is 0 Å². The highest BCUT2D eigenvalue weighted by atomic mass is 16.5. The molecule has 6 nitrogen and oxygen atoms in total. The predicted molar refractivity (Wildman–Crippen MR) is 82.2 cm³/mol. The summed E-state index contributed by atoms with van der Waals surface area (Å²) in [7, 11) is 1.39. The molecule has 0 unspecified atom stereocenters. The molecule has 3 amide bonds. The van der Waals surface area contributed by atoms with E-state index in [1.807, 2.05) is 49.5 Å². The predicted octanol–water partition coefficient (Wildman–Crippen LogP) is 1.82. The van der Waals surface area contributed by atoms with Crippen molar-refractivity contribution in [3.63, 3.8) is 0 Å². The fraction of sp³-hybridized carbons (Fsp3) is 0.438. The Hall–Kier alpha value is -2.37. The Morgan fingerprint density at radius 2 is 1.82 bits per heavy atom. The van der Waals surface area contributed by atoms with Gasteiger partial charge < -0.3 is 10.1 Å². The Kier molecular flexibility index (Phi) is 7.08. The molecule has 0 aliphatic rings. The van der Waals surface area contributed by atoms with Gasteiger partial charge in [-0.1, -0.05) is 50.6 Å². The number of amides is 3. The molecule has 1 aromatic carbocycles. The number of carbonyl (C=O) groups is 3. The molecule has 22 heavy (non-hydrogen) atoms. The second-order valence-corrected chi connectivity index (χ2v) is 5.01. The number of nitrogens with one attached hydrogen (secondary N) is 2. The molecule has 0 aliphatic carbocycles. The minimum absolute atomic E-state index is 0.0805. The first-order valence-electron chi connectivity index (χ1n) is 7.22. The Morgan fingerprint density at radius 1 is 1.18 bits per heavy atom. The van der Waals surface area contributed by atoms with Gasteiger partial charge in [-0.3, -0.25) is 14.9 Å². The van der Waals surface area contributed by atoms with Crippen LogP contribution in [0.15, 0.2) is 30.3 Å². The van der Waals surface area contributed by atoms with E-state index in [0.29, 0.717) is 0 Å². The molecule has 1 rings (SSSR count). The lowest BCUT2D eigenvalue weighted by molar-refractivity contribution is -0.151. The molecule has 2 atom stereocenters.